The number of hydrogen-bond acceptors (Lipinski definition) is 4. The van der Waals surface area contributed by atoms with Crippen LogP contribution < -0.4 is 10.6 Å². The lowest BCUT2D eigenvalue weighted by molar-refractivity contribution is 0.0943. The first kappa shape index (κ1) is 10.0. The Morgan fingerprint density at radius 3 is 3.20 bits per heavy atom. The Balaban J connectivity index is 1.82. The third kappa shape index (κ3) is 2.73. The van der Waals surface area contributed by atoms with Crippen LogP contribution in [0.2, 0.25) is 0 Å². The summed E-state index contributed by atoms with van der Waals surface area (Å²) in [6, 6.07) is 0. The molecule has 1 fully saturated rings. The zero-order chi connectivity index (χ0) is 10.5. The van der Waals surface area contributed by atoms with Crippen LogP contribution in [-0.4, -0.2) is 35.5 Å². The van der Waals surface area contributed by atoms with Crippen LogP contribution in [0.4, 0.5) is 0 Å². The molecule has 1 aromatic heterocycles. The van der Waals surface area contributed by atoms with Gasteiger partial charge < -0.3 is 10.6 Å². The van der Waals surface area contributed by atoms with Gasteiger partial charge in [0.25, 0.3) is 5.91 Å². The lowest BCUT2D eigenvalue weighted by atomic mass is 10.1. The fourth-order valence-corrected chi connectivity index (χ4v) is 1.63. The molecule has 5 nitrogen and oxygen atoms in total. The van der Waals surface area contributed by atoms with E-state index >= 15 is 0 Å². The van der Waals surface area contributed by atoms with Crippen molar-refractivity contribution in [1.29, 1.82) is 0 Å². The molecule has 0 radical (unpaired) electrons. The largest absolute Gasteiger partial charge is 0.350 e. The smallest absolute Gasteiger partial charge is 0.271 e. The van der Waals surface area contributed by atoms with Crippen LogP contribution in [0.15, 0.2) is 18.6 Å². The molecular formula is C10H14N4O. The fraction of sp³-hybridized carbons (Fsp3) is 0.500. The summed E-state index contributed by atoms with van der Waals surface area (Å²) in [5, 5.41) is 6.12. The number of amides is 1. The van der Waals surface area contributed by atoms with Crippen molar-refractivity contribution in [3.05, 3.63) is 24.3 Å². The summed E-state index contributed by atoms with van der Waals surface area (Å²) in [6.45, 7) is 2.74. The van der Waals surface area contributed by atoms with Gasteiger partial charge in [0, 0.05) is 18.9 Å². The predicted octanol–water partition coefficient (Wildman–Crippen LogP) is -0.184. The Bertz CT molecular complexity index is 321. The molecule has 0 aliphatic carbocycles. The Hall–Kier alpha value is -1.49. The second-order valence-corrected chi connectivity index (χ2v) is 3.66. The summed E-state index contributed by atoms with van der Waals surface area (Å²) in [4.78, 5) is 19.4. The summed E-state index contributed by atoms with van der Waals surface area (Å²) in [5.41, 5.74) is 0.378. The van der Waals surface area contributed by atoms with Crippen LogP contribution in [0, 0.1) is 5.92 Å². The molecule has 2 N–H and O–H groups in total. The molecular weight excluding hydrogens is 192 g/mol. The van der Waals surface area contributed by atoms with Gasteiger partial charge in [-0.1, -0.05) is 0 Å². The maximum atomic E-state index is 11.6. The molecule has 5 heteroatoms. The topological polar surface area (TPSA) is 66.9 Å². The molecule has 0 bridgehead atoms. The van der Waals surface area contributed by atoms with Gasteiger partial charge >= 0.3 is 0 Å². The third-order valence-electron chi connectivity index (χ3n) is 2.51. The summed E-state index contributed by atoms with van der Waals surface area (Å²) < 4.78 is 0. The first-order chi connectivity index (χ1) is 7.36. The molecule has 1 unspecified atom stereocenters. The van der Waals surface area contributed by atoms with Gasteiger partial charge in [-0.25, -0.2) is 4.98 Å². The highest BCUT2D eigenvalue weighted by atomic mass is 16.1. The second-order valence-electron chi connectivity index (χ2n) is 3.66. The highest BCUT2D eigenvalue weighted by Crippen LogP contribution is 2.05. The van der Waals surface area contributed by atoms with E-state index < -0.39 is 0 Å². The molecule has 0 saturated carbocycles. The number of aromatic nitrogens is 2. The van der Waals surface area contributed by atoms with Gasteiger partial charge in [0.15, 0.2) is 0 Å². The quantitative estimate of drug-likeness (QED) is 0.719. The van der Waals surface area contributed by atoms with E-state index in [1.54, 1.807) is 6.20 Å². The van der Waals surface area contributed by atoms with Crippen molar-refractivity contribution < 1.29 is 4.79 Å². The zero-order valence-electron chi connectivity index (χ0n) is 8.44. The van der Waals surface area contributed by atoms with Gasteiger partial charge in [-0.2, -0.15) is 0 Å². The summed E-state index contributed by atoms with van der Waals surface area (Å²) in [5.74, 6) is 0.403. The minimum Gasteiger partial charge on any atom is -0.350 e. The first-order valence-electron chi connectivity index (χ1n) is 5.11. The molecule has 1 aliphatic rings. The normalized spacial score (nSPS) is 20.1. The maximum absolute atomic E-state index is 11.6. The van der Waals surface area contributed by atoms with E-state index in [-0.39, 0.29) is 5.91 Å². The SMILES string of the molecule is O=C(NCC1CCNC1)c1cnccn1. The van der Waals surface area contributed by atoms with Crippen LogP contribution in [0.25, 0.3) is 0 Å². The van der Waals surface area contributed by atoms with E-state index in [4.69, 9.17) is 0 Å². The molecule has 2 rings (SSSR count). The highest BCUT2D eigenvalue weighted by Gasteiger charge is 2.15. The molecule has 1 amide bonds. The van der Waals surface area contributed by atoms with E-state index in [0.717, 1.165) is 19.5 Å². The lowest BCUT2D eigenvalue weighted by Crippen LogP contribution is -2.30. The summed E-state index contributed by atoms with van der Waals surface area (Å²) in [7, 11) is 0. The van der Waals surface area contributed by atoms with E-state index in [1.807, 2.05) is 0 Å². The Morgan fingerprint density at radius 2 is 2.53 bits per heavy atom. The first-order valence-corrected chi connectivity index (χ1v) is 5.11. The predicted molar refractivity (Wildman–Crippen MR) is 55.3 cm³/mol. The molecule has 1 atom stereocenters. The van der Waals surface area contributed by atoms with Gasteiger partial charge in [0.2, 0.25) is 0 Å². The number of nitrogens with one attached hydrogen (secondary N) is 2. The van der Waals surface area contributed by atoms with Crippen LogP contribution in [0.1, 0.15) is 16.9 Å². The monoisotopic (exact) mass is 206 g/mol. The Morgan fingerprint density at radius 1 is 1.60 bits per heavy atom. The van der Waals surface area contributed by atoms with Gasteiger partial charge in [-0.15, -0.1) is 0 Å². The number of carbonyl (C=O) groups excluding carboxylic acids is 1. The van der Waals surface area contributed by atoms with Crippen molar-refractivity contribution in [2.75, 3.05) is 19.6 Å². The Labute approximate surface area is 88.3 Å². The minimum absolute atomic E-state index is 0.144. The van der Waals surface area contributed by atoms with Gasteiger partial charge in [-0.3, -0.25) is 9.78 Å². The van der Waals surface area contributed by atoms with Crippen LogP contribution in [-0.2, 0) is 0 Å². The van der Waals surface area contributed by atoms with Crippen molar-refractivity contribution in [2.45, 2.75) is 6.42 Å². The molecule has 80 valence electrons. The van der Waals surface area contributed by atoms with Crippen molar-refractivity contribution in [1.82, 2.24) is 20.6 Å². The molecule has 1 aliphatic heterocycles. The molecule has 0 spiro atoms. The highest BCUT2D eigenvalue weighted by molar-refractivity contribution is 5.91. The van der Waals surface area contributed by atoms with E-state index in [2.05, 4.69) is 20.6 Å². The third-order valence-corrected chi connectivity index (χ3v) is 2.51. The molecule has 0 aromatic carbocycles. The Kier molecular flexibility index (Phi) is 3.24. The fourth-order valence-electron chi connectivity index (χ4n) is 1.63. The summed E-state index contributed by atoms with van der Waals surface area (Å²) in [6.07, 6.45) is 5.67. The van der Waals surface area contributed by atoms with Gasteiger partial charge in [0.05, 0.1) is 6.20 Å². The van der Waals surface area contributed by atoms with E-state index in [1.165, 1.54) is 12.4 Å². The molecule has 1 saturated heterocycles. The number of hydrogen-bond donors (Lipinski definition) is 2. The van der Waals surface area contributed by atoms with E-state index in [9.17, 15) is 4.79 Å². The minimum atomic E-state index is -0.144. The van der Waals surface area contributed by atoms with Crippen LogP contribution in [0.5, 0.6) is 0 Å². The average molecular weight is 206 g/mol. The van der Waals surface area contributed by atoms with Crippen LogP contribution in [0.3, 0.4) is 0 Å². The van der Waals surface area contributed by atoms with Crippen molar-refractivity contribution in [3.63, 3.8) is 0 Å². The van der Waals surface area contributed by atoms with Crippen molar-refractivity contribution in [2.24, 2.45) is 5.92 Å². The van der Waals surface area contributed by atoms with Gasteiger partial charge in [-0.05, 0) is 25.4 Å². The van der Waals surface area contributed by atoms with Crippen molar-refractivity contribution >= 4 is 5.91 Å². The summed E-state index contributed by atoms with van der Waals surface area (Å²) >= 11 is 0. The van der Waals surface area contributed by atoms with E-state index in [0.29, 0.717) is 18.2 Å². The molecule has 15 heavy (non-hydrogen) atoms. The zero-order valence-corrected chi connectivity index (χ0v) is 8.44. The lowest BCUT2D eigenvalue weighted by Gasteiger charge is -2.09. The maximum Gasteiger partial charge on any atom is 0.271 e. The number of nitrogens with zero attached hydrogens (tertiary/aromatic N) is 2. The van der Waals surface area contributed by atoms with Crippen LogP contribution >= 0.6 is 0 Å². The standard InChI is InChI=1S/C10H14N4O/c15-10(9-7-12-3-4-13-9)14-6-8-1-2-11-5-8/h3-4,7-8,11H,1-2,5-6H2,(H,14,15). The molecule has 1 aromatic rings. The number of carbonyl (C=O) groups is 1. The molecule has 2 heterocycles. The average Bonchev–Trinajstić information content (AvgIpc) is 2.80. The van der Waals surface area contributed by atoms with Crippen molar-refractivity contribution in [3.8, 4) is 0 Å². The second kappa shape index (κ2) is 4.84. The number of rotatable bonds is 3. The van der Waals surface area contributed by atoms with Gasteiger partial charge in [0.1, 0.15) is 5.69 Å².